The molecule has 3 aromatic rings. The number of halogens is 3. The predicted molar refractivity (Wildman–Crippen MR) is 145 cm³/mol. The Morgan fingerprint density at radius 3 is 2.50 bits per heavy atom. The van der Waals surface area contributed by atoms with Crippen molar-refractivity contribution in [2.24, 2.45) is 0 Å². The lowest BCUT2D eigenvalue weighted by molar-refractivity contribution is -0.113. The fraction of sp³-hybridized carbons (Fsp3) is 0.318. The Bertz CT molecular complexity index is 1100. The molecule has 0 aliphatic rings. The second-order valence-corrected chi connectivity index (χ2v) is 11.1. The van der Waals surface area contributed by atoms with Crippen molar-refractivity contribution in [1.29, 1.82) is 0 Å². The highest BCUT2D eigenvalue weighted by Gasteiger charge is 2.15. The zero-order valence-corrected chi connectivity index (χ0v) is 23.2. The summed E-state index contributed by atoms with van der Waals surface area (Å²) >= 11 is 17.6. The zero-order valence-electron chi connectivity index (χ0n) is 17.9. The van der Waals surface area contributed by atoms with Gasteiger partial charge in [0.05, 0.1) is 11.5 Å². The summed E-state index contributed by atoms with van der Waals surface area (Å²) in [5.74, 6) is 2.56. The number of nitrogens with one attached hydrogen (secondary N) is 1. The van der Waals surface area contributed by atoms with E-state index in [1.807, 2.05) is 26.0 Å². The molecular weight excluding hydrogens is 598 g/mol. The predicted octanol–water partition coefficient (Wildman–Crippen LogP) is 6.99. The standard InChI is InChI=1S/C22H23Cl2IN4OS2/c1-4-29-19(11-31-10-15-5-6-16(23)9-18(15)24)27-28-22(29)32-12-20(30)26-21-13(2)7-17(25)8-14(21)3/h5-9H,4,10-12H2,1-3H3,(H,26,30). The summed E-state index contributed by atoms with van der Waals surface area (Å²) in [6, 6.07) is 9.67. The molecule has 0 atom stereocenters. The number of thioether (sulfide) groups is 2. The molecule has 1 aromatic heterocycles. The molecule has 3 rings (SSSR count). The van der Waals surface area contributed by atoms with Gasteiger partial charge in [-0.2, -0.15) is 0 Å². The maximum absolute atomic E-state index is 12.5. The van der Waals surface area contributed by atoms with E-state index in [1.165, 1.54) is 11.8 Å². The van der Waals surface area contributed by atoms with Crippen molar-refractivity contribution in [2.45, 2.75) is 44.0 Å². The average Bonchev–Trinajstić information content (AvgIpc) is 3.12. The van der Waals surface area contributed by atoms with Gasteiger partial charge in [0, 0.05) is 31.6 Å². The van der Waals surface area contributed by atoms with Gasteiger partial charge in [0.2, 0.25) is 5.91 Å². The number of aryl methyl sites for hydroxylation is 2. The number of hydrogen-bond donors (Lipinski definition) is 1. The summed E-state index contributed by atoms with van der Waals surface area (Å²) in [7, 11) is 0. The van der Waals surface area contributed by atoms with Crippen molar-refractivity contribution < 1.29 is 4.79 Å². The molecule has 170 valence electrons. The van der Waals surface area contributed by atoms with E-state index in [1.54, 1.807) is 17.8 Å². The van der Waals surface area contributed by atoms with E-state index >= 15 is 0 Å². The summed E-state index contributed by atoms with van der Waals surface area (Å²) in [6.07, 6.45) is 0. The van der Waals surface area contributed by atoms with Crippen LogP contribution in [-0.4, -0.2) is 26.4 Å². The fourth-order valence-electron chi connectivity index (χ4n) is 3.15. The first-order valence-corrected chi connectivity index (χ1v) is 13.9. The Balaban J connectivity index is 1.57. The lowest BCUT2D eigenvalue weighted by Crippen LogP contribution is -2.16. The molecule has 0 fully saturated rings. The maximum Gasteiger partial charge on any atom is 0.234 e. The highest BCUT2D eigenvalue weighted by Crippen LogP contribution is 2.27. The van der Waals surface area contributed by atoms with E-state index in [9.17, 15) is 4.79 Å². The highest BCUT2D eigenvalue weighted by atomic mass is 127. The third-order valence-electron chi connectivity index (χ3n) is 4.71. The summed E-state index contributed by atoms with van der Waals surface area (Å²) < 4.78 is 3.21. The van der Waals surface area contributed by atoms with Crippen LogP contribution in [0.5, 0.6) is 0 Å². The molecule has 0 aliphatic carbocycles. The number of benzene rings is 2. The number of carbonyl (C=O) groups excluding carboxylic acids is 1. The normalized spacial score (nSPS) is 11.1. The highest BCUT2D eigenvalue weighted by molar-refractivity contribution is 14.1. The van der Waals surface area contributed by atoms with E-state index in [0.29, 0.717) is 15.8 Å². The molecule has 0 saturated heterocycles. The summed E-state index contributed by atoms with van der Waals surface area (Å²) in [6.45, 7) is 6.81. The van der Waals surface area contributed by atoms with Crippen molar-refractivity contribution in [3.05, 3.63) is 66.5 Å². The Hall–Kier alpha value is -0.940. The minimum atomic E-state index is -0.0543. The molecule has 0 unspecified atom stereocenters. The maximum atomic E-state index is 12.5. The lowest BCUT2D eigenvalue weighted by Gasteiger charge is -2.12. The van der Waals surface area contributed by atoms with Gasteiger partial charge in [-0.3, -0.25) is 4.79 Å². The van der Waals surface area contributed by atoms with E-state index in [2.05, 4.69) is 61.7 Å². The molecular formula is C22H23Cl2IN4OS2. The quantitative estimate of drug-likeness (QED) is 0.206. The van der Waals surface area contributed by atoms with Crippen molar-refractivity contribution in [2.75, 3.05) is 11.1 Å². The molecule has 2 aromatic carbocycles. The van der Waals surface area contributed by atoms with Crippen LogP contribution in [0.2, 0.25) is 10.0 Å². The van der Waals surface area contributed by atoms with Gasteiger partial charge in [0.1, 0.15) is 5.82 Å². The molecule has 0 aliphatic heterocycles. The van der Waals surface area contributed by atoms with Gasteiger partial charge < -0.3 is 9.88 Å². The number of rotatable bonds is 9. The van der Waals surface area contributed by atoms with Crippen molar-refractivity contribution in [3.8, 4) is 0 Å². The SMILES string of the molecule is CCn1c(CSCc2ccc(Cl)cc2Cl)nnc1SCC(=O)Nc1c(C)cc(I)cc1C. The smallest absolute Gasteiger partial charge is 0.234 e. The van der Waals surface area contributed by atoms with E-state index in [4.69, 9.17) is 23.2 Å². The Labute approximate surface area is 220 Å². The number of nitrogens with zero attached hydrogens (tertiary/aromatic N) is 3. The number of amides is 1. The minimum absolute atomic E-state index is 0.0543. The molecule has 1 amide bonds. The topological polar surface area (TPSA) is 59.8 Å². The van der Waals surface area contributed by atoms with Gasteiger partial charge in [-0.15, -0.1) is 22.0 Å². The monoisotopic (exact) mass is 620 g/mol. The largest absolute Gasteiger partial charge is 0.325 e. The number of anilines is 1. The van der Waals surface area contributed by atoms with Crippen LogP contribution in [0.3, 0.4) is 0 Å². The first-order chi connectivity index (χ1) is 15.3. The molecule has 1 heterocycles. The van der Waals surface area contributed by atoms with Gasteiger partial charge in [-0.1, -0.05) is 41.0 Å². The molecule has 0 spiro atoms. The molecule has 0 radical (unpaired) electrons. The van der Waals surface area contributed by atoms with E-state index in [-0.39, 0.29) is 11.7 Å². The zero-order chi connectivity index (χ0) is 23.3. The molecule has 10 heteroatoms. The molecule has 0 saturated carbocycles. The Morgan fingerprint density at radius 1 is 1.12 bits per heavy atom. The van der Waals surface area contributed by atoms with E-state index in [0.717, 1.165) is 49.2 Å². The fourth-order valence-corrected chi connectivity index (χ4v) is 6.43. The summed E-state index contributed by atoms with van der Waals surface area (Å²) in [4.78, 5) is 12.5. The van der Waals surface area contributed by atoms with Gasteiger partial charge >= 0.3 is 0 Å². The summed E-state index contributed by atoms with van der Waals surface area (Å²) in [5.41, 5.74) is 4.04. The van der Waals surface area contributed by atoms with Gasteiger partial charge in [0.25, 0.3) is 0 Å². The summed E-state index contributed by atoms with van der Waals surface area (Å²) in [5, 5.41) is 13.7. The first kappa shape index (κ1) is 25.7. The van der Waals surface area contributed by atoms with Crippen LogP contribution < -0.4 is 5.32 Å². The molecule has 5 nitrogen and oxygen atoms in total. The van der Waals surface area contributed by atoms with Crippen LogP contribution in [0.25, 0.3) is 0 Å². The molecule has 32 heavy (non-hydrogen) atoms. The first-order valence-electron chi connectivity index (χ1n) is 9.91. The molecule has 0 bridgehead atoms. The third kappa shape index (κ3) is 6.79. The average molecular weight is 621 g/mol. The van der Waals surface area contributed by atoms with Crippen molar-refractivity contribution in [1.82, 2.24) is 14.8 Å². The van der Waals surface area contributed by atoms with Crippen LogP contribution in [0.4, 0.5) is 5.69 Å². The van der Waals surface area contributed by atoms with Crippen molar-refractivity contribution in [3.63, 3.8) is 0 Å². The number of aromatic nitrogens is 3. The van der Waals surface area contributed by atoms with Crippen LogP contribution in [0.1, 0.15) is 29.4 Å². The van der Waals surface area contributed by atoms with Crippen LogP contribution in [-0.2, 0) is 22.8 Å². The second kappa shape index (κ2) is 12.0. The lowest BCUT2D eigenvalue weighted by atomic mass is 10.1. The van der Waals surface area contributed by atoms with Crippen LogP contribution in [0, 0.1) is 17.4 Å². The van der Waals surface area contributed by atoms with Gasteiger partial charge in [0.15, 0.2) is 5.16 Å². The molecule has 1 N–H and O–H groups in total. The van der Waals surface area contributed by atoms with Gasteiger partial charge in [-0.25, -0.2) is 0 Å². The van der Waals surface area contributed by atoms with E-state index < -0.39 is 0 Å². The van der Waals surface area contributed by atoms with Crippen LogP contribution in [0.15, 0.2) is 35.5 Å². The third-order valence-corrected chi connectivity index (χ3v) is 7.86. The van der Waals surface area contributed by atoms with Crippen molar-refractivity contribution >= 4 is 80.9 Å². The number of carbonyl (C=O) groups is 1. The Morgan fingerprint density at radius 2 is 1.84 bits per heavy atom. The Kier molecular flexibility index (Phi) is 9.60. The second-order valence-electron chi connectivity index (χ2n) is 7.12. The minimum Gasteiger partial charge on any atom is -0.325 e. The van der Waals surface area contributed by atoms with Crippen LogP contribution >= 0.6 is 69.3 Å². The number of hydrogen-bond acceptors (Lipinski definition) is 5. The van der Waals surface area contributed by atoms with Gasteiger partial charge in [-0.05, 0) is 84.3 Å².